The number of benzene rings is 2. The zero-order valence-corrected chi connectivity index (χ0v) is 11.2. The predicted octanol–water partition coefficient (Wildman–Crippen LogP) is 2.26. The molecule has 2 aromatic carbocycles. The van der Waals surface area contributed by atoms with E-state index in [1.165, 1.54) is 4.57 Å². The number of rotatable bonds is 1. The van der Waals surface area contributed by atoms with Crippen molar-refractivity contribution < 1.29 is 9.53 Å². The third kappa shape index (κ3) is 1.78. The molecule has 0 saturated carbocycles. The Bertz CT molecular complexity index is 829. The summed E-state index contributed by atoms with van der Waals surface area (Å²) in [6.07, 6.45) is 0.00308. The number of imidazole rings is 1. The summed E-state index contributed by atoms with van der Waals surface area (Å²) >= 11 is 0. The van der Waals surface area contributed by atoms with Crippen LogP contribution in [0.1, 0.15) is 10.4 Å². The number of ether oxygens (including phenoxy) is 1. The molecule has 0 amide bonds. The average molecular weight is 279 g/mol. The van der Waals surface area contributed by atoms with Crippen LogP contribution in [-0.4, -0.2) is 21.6 Å². The first kappa shape index (κ1) is 12.0. The number of carbonyl (C=O) groups excluding carboxylic acids is 1. The molecule has 1 unspecified atom stereocenters. The lowest BCUT2D eigenvalue weighted by atomic mass is 10.1. The van der Waals surface area contributed by atoms with E-state index in [0.29, 0.717) is 17.5 Å². The third-order valence-corrected chi connectivity index (χ3v) is 3.73. The molecule has 0 saturated heterocycles. The lowest BCUT2D eigenvalue weighted by Crippen LogP contribution is -2.31. The first-order valence-electron chi connectivity index (χ1n) is 6.76. The number of anilines is 1. The molecule has 104 valence electrons. The molecule has 2 N–H and O–H groups in total. The van der Waals surface area contributed by atoms with Gasteiger partial charge < -0.3 is 10.5 Å². The Kier molecular flexibility index (Phi) is 2.47. The number of hydrogen-bond donors (Lipinski definition) is 1. The van der Waals surface area contributed by atoms with Crippen LogP contribution >= 0.6 is 0 Å². The van der Waals surface area contributed by atoms with Gasteiger partial charge in [-0.05, 0) is 23.8 Å². The second-order valence-corrected chi connectivity index (χ2v) is 5.05. The zero-order chi connectivity index (χ0) is 14.4. The molecule has 5 heteroatoms. The quantitative estimate of drug-likeness (QED) is 0.741. The van der Waals surface area contributed by atoms with Crippen molar-refractivity contribution in [1.29, 1.82) is 0 Å². The number of nitrogens with zero attached hydrogens (tertiary/aromatic N) is 2. The molecule has 2 heterocycles. The topological polar surface area (TPSA) is 70.1 Å². The van der Waals surface area contributed by atoms with Crippen LogP contribution in [0.15, 0.2) is 48.5 Å². The van der Waals surface area contributed by atoms with Crippen LogP contribution in [0.2, 0.25) is 0 Å². The van der Waals surface area contributed by atoms with Crippen molar-refractivity contribution in [1.82, 2.24) is 9.55 Å². The molecule has 0 aliphatic carbocycles. The van der Waals surface area contributed by atoms with E-state index in [1.54, 1.807) is 0 Å². The summed E-state index contributed by atoms with van der Waals surface area (Å²) in [6.45, 7) is 0. The molecule has 1 aliphatic rings. The molecule has 1 aromatic heterocycles. The molecule has 4 rings (SSSR count). The van der Waals surface area contributed by atoms with Gasteiger partial charge in [0.05, 0.1) is 11.0 Å². The normalized spacial score (nSPS) is 16.7. The fourth-order valence-corrected chi connectivity index (χ4v) is 2.74. The van der Waals surface area contributed by atoms with Crippen LogP contribution in [0.4, 0.5) is 5.95 Å². The van der Waals surface area contributed by atoms with Crippen molar-refractivity contribution in [3.8, 4) is 5.75 Å². The lowest BCUT2D eigenvalue weighted by molar-refractivity contribution is 0.0742. The molecule has 0 bridgehead atoms. The number of carbonyl (C=O) groups is 1. The summed E-state index contributed by atoms with van der Waals surface area (Å²) in [6, 6.07) is 15.1. The van der Waals surface area contributed by atoms with Gasteiger partial charge in [-0.1, -0.05) is 30.3 Å². The van der Waals surface area contributed by atoms with Gasteiger partial charge in [-0.3, -0.25) is 4.79 Å². The van der Waals surface area contributed by atoms with E-state index >= 15 is 0 Å². The van der Waals surface area contributed by atoms with E-state index in [0.717, 1.165) is 11.3 Å². The highest BCUT2D eigenvalue weighted by atomic mass is 16.5. The molecule has 0 fully saturated rings. The van der Waals surface area contributed by atoms with Crippen molar-refractivity contribution in [2.24, 2.45) is 0 Å². The number of fused-ring (bicyclic) bond motifs is 2. The Balaban J connectivity index is 1.74. The SMILES string of the molecule is Nc1nc2ccccc2n1C(=O)C1Cc2ccccc2O1. The molecular formula is C16H13N3O2. The van der Waals surface area contributed by atoms with Crippen LogP contribution in [0.5, 0.6) is 5.75 Å². The molecule has 21 heavy (non-hydrogen) atoms. The predicted molar refractivity (Wildman–Crippen MR) is 79.3 cm³/mol. The molecule has 0 spiro atoms. The number of nitrogen functional groups attached to an aromatic ring is 1. The minimum atomic E-state index is -0.553. The highest BCUT2D eigenvalue weighted by Gasteiger charge is 2.31. The summed E-state index contributed by atoms with van der Waals surface area (Å²) in [5.41, 5.74) is 8.36. The van der Waals surface area contributed by atoms with Crippen molar-refractivity contribution >= 4 is 22.9 Å². The van der Waals surface area contributed by atoms with E-state index in [-0.39, 0.29) is 11.9 Å². The maximum absolute atomic E-state index is 12.7. The number of para-hydroxylation sites is 3. The largest absolute Gasteiger partial charge is 0.480 e. The Hall–Kier alpha value is -2.82. The summed E-state index contributed by atoms with van der Waals surface area (Å²) in [4.78, 5) is 16.9. The second-order valence-electron chi connectivity index (χ2n) is 5.05. The highest BCUT2D eigenvalue weighted by Crippen LogP contribution is 2.30. The maximum Gasteiger partial charge on any atom is 0.275 e. The Morgan fingerprint density at radius 3 is 2.81 bits per heavy atom. The van der Waals surface area contributed by atoms with Crippen molar-refractivity contribution in [3.63, 3.8) is 0 Å². The number of hydrogen-bond acceptors (Lipinski definition) is 4. The smallest absolute Gasteiger partial charge is 0.275 e. The average Bonchev–Trinajstić information content (AvgIpc) is 3.06. The van der Waals surface area contributed by atoms with E-state index in [2.05, 4.69) is 4.98 Å². The Morgan fingerprint density at radius 2 is 1.95 bits per heavy atom. The van der Waals surface area contributed by atoms with Crippen LogP contribution in [0.3, 0.4) is 0 Å². The number of aromatic nitrogens is 2. The summed E-state index contributed by atoms with van der Waals surface area (Å²) < 4.78 is 7.18. The van der Waals surface area contributed by atoms with Crippen LogP contribution in [0.25, 0.3) is 11.0 Å². The Morgan fingerprint density at radius 1 is 1.19 bits per heavy atom. The van der Waals surface area contributed by atoms with Gasteiger partial charge in [-0.2, -0.15) is 0 Å². The number of nitrogens with two attached hydrogens (primary N) is 1. The molecule has 0 radical (unpaired) electrons. The van der Waals surface area contributed by atoms with E-state index in [4.69, 9.17) is 10.5 Å². The van der Waals surface area contributed by atoms with Crippen LogP contribution in [-0.2, 0) is 6.42 Å². The van der Waals surface area contributed by atoms with Gasteiger partial charge >= 0.3 is 0 Å². The fourth-order valence-electron chi connectivity index (χ4n) is 2.74. The van der Waals surface area contributed by atoms with Gasteiger partial charge in [-0.15, -0.1) is 0 Å². The molecule has 5 nitrogen and oxygen atoms in total. The van der Waals surface area contributed by atoms with Crippen molar-refractivity contribution in [3.05, 3.63) is 54.1 Å². The highest BCUT2D eigenvalue weighted by molar-refractivity contribution is 5.96. The van der Waals surface area contributed by atoms with Gasteiger partial charge in [0.2, 0.25) is 5.95 Å². The second kappa shape index (κ2) is 4.34. The van der Waals surface area contributed by atoms with Crippen LogP contribution < -0.4 is 10.5 Å². The van der Waals surface area contributed by atoms with Gasteiger partial charge in [-0.25, -0.2) is 9.55 Å². The molecular weight excluding hydrogens is 266 g/mol. The molecule has 1 atom stereocenters. The van der Waals surface area contributed by atoms with E-state index in [1.807, 2.05) is 48.5 Å². The van der Waals surface area contributed by atoms with Gasteiger partial charge in [0.15, 0.2) is 6.10 Å². The fraction of sp³-hybridized carbons (Fsp3) is 0.125. The van der Waals surface area contributed by atoms with Gasteiger partial charge in [0.1, 0.15) is 5.75 Å². The van der Waals surface area contributed by atoms with Crippen molar-refractivity contribution in [2.45, 2.75) is 12.5 Å². The first-order valence-corrected chi connectivity index (χ1v) is 6.76. The monoisotopic (exact) mass is 279 g/mol. The third-order valence-electron chi connectivity index (χ3n) is 3.73. The minimum Gasteiger partial charge on any atom is -0.480 e. The Labute approximate surface area is 121 Å². The van der Waals surface area contributed by atoms with Gasteiger partial charge in [0.25, 0.3) is 5.91 Å². The summed E-state index contributed by atoms with van der Waals surface area (Å²) in [5, 5.41) is 0. The molecule has 1 aliphatic heterocycles. The zero-order valence-electron chi connectivity index (χ0n) is 11.2. The molecule has 3 aromatic rings. The maximum atomic E-state index is 12.7. The lowest BCUT2D eigenvalue weighted by Gasteiger charge is -2.11. The first-order chi connectivity index (χ1) is 10.2. The van der Waals surface area contributed by atoms with Crippen LogP contribution in [0, 0.1) is 0 Å². The minimum absolute atomic E-state index is 0.183. The van der Waals surface area contributed by atoms with E-state index < -0.39 is 6.10 Å². The standard InChI is InChI=1S/C16H13N3O2/c17-16-18-11-6-2-3-7-12(11)19(16)15(20)14-9-10-5-1-4-8-13(10)21-14/h1-8,14H,9H2,(H2,17,18). The van der Waals surface area contributed by atoms with Gasteiger partial charge in [0, 0.05) is 6.42 Å². The summed E-state index contributed by atoms with van der Waals surface area (Å²) in [7, 11) is 0. The van der Waals surface area contributed by atoms with E-state index in [9.17, 15) is 4.79 Å². The summed E-state index contributed by atoms with van der Waals surface area (Å²) in [5.74, 6) is 0.775. The van der Waals surface area contributed by atoms with Crippen molar-refractivity contribution in [2.75, 3.05) is 5.73 Å².